The third-order valence-corrected chi connectivity index (χ3v) is 4.25. The predicted molar refractivity (Wildman–Crippen MR) is 93.6 cm³/mol. The van der Waals surface area contributed by atoms with Crippen LogP contribution in [0.5, 0.6) is 0 Å². The number of imidazole rings is 1. The van der Waals surface area contributed by atoms with Crippen LogP contribution in [0.1, 0.15) is 57.2 Å². The van der Waals surface area contributed by atoms with Crippen molar-refractivity contribution in [3.63, 3.8) is 0 Å². The second-order valence-corrected chi connectivity index (χ2v) is 7.41. The molecule has 0 bridgehead atoms. The number of hydrogen-bond donors (Lipinski definition) is 0. The largest absolute Gasteiger partial charge is 0.444 e. The number of piperidine rings is 1. The molecule has 0 aromatic carbocycles. The Morgan fingerprint density at radius 1 is 1.24 bits per heavy atom. The van der Waals surface area contributed by atoms with Gasteiger partial charge in [-0.15, -0.1) is 0 Å². The molecule has 7 heteroatoms. The van der Waals surface area contributed by atoms with E-state index in [0.29, 0.717) is 18.9 Å². The fraction of sp³-hybridized carbons (Fsp3) is 0.556. The van der Waals surface area contributed by atoms with Gasteiger partial charge in [0, 0.05) is 32.3 Å². The van der Waals surface area contributed by atoms with E-state index in [4.69, 9.17) is 4.74 Å². The van der Waals surface area contributed by atoms with Crippen molar-refractivity contribution in [2.24, 2.45) is 0 Å². The summed E-state index contributed by atoms with van der Waals surface area (Å²) >= 11 is 0. The van der Waals surface area contributed by atoms with E-state index in [-0.39, 0.29) is 17.9 Å². The lowest BCUT2D eigenvalue weighted by molar-refractivity contribution is 0.0188. The van der Waals surface area contributed by atoms with Crippen molar-refractivity contribution in [2.75, 3.05) is 13.1 Å². The Labute approximate surface area is 147 Å². The molecule has 3 rings (SSSR count). The molecule has 2 aromatic heterocycles. The molecule has 1 aliphatic rings. The van der Waals surface area contributed by atoms with Gasteiger partial charge in [-0.2, -0.15) is 0 Å². The Morgan fingerprint density at radius 3 is 2.52 bits per heavy atom. The number of pyridine rings is 1. The molecule has 25 heavy (non-hydrogen) atoms. The third kappa shape index (κ3) is 3.65. The molecule has 0 radical (unpaired) electrons. The Balaban J connectivity index is 1.79. The molecule has 7 nitrogen and oxygen atoms in total. The Bertz CT molecular complexity index is 798. The van der Waals surface area contributed by atoms with Crippen LogP contribution in [0, 0.1) is 0 Å². The highest BCUT2D eigenvalue weighted by Crippen LogP contribution is 2.28. The number of rotatable bonds is 2. The van der Waals surface area contributed by atoms with Gasteiger partial charge in [0.25, 0.3) is 0 Å². The molecule has 0 atom stereocenters. The number of ketones is 1. The maximum atomic E-state index is 12.2. The highest BCUT2D eigenvalue weighted by atomic mass is 16.6. The first-order valence-corrected chi connectivity index (χ1v) is 8.58. The maximum absolute atomic E-state index is 12.2. The minimum absolute atomic E-state index is 0.0763. The average Bonchev–Trinajstić information content (AvgIpc) is 2.93. The van der Waals surface area contributed by atoms with E-state index < -0.39 is 5.60 Å². The van der Waals surface area contributed by atoms with Crippen molar-refractivity contribution in [3.8, 4) is 0 Å². The van der Waals surface area contributed by atoms with Gasteiger partial charge in [-0.05, 0) is 45.7 Å². The van der Waals surface area contributed by atoms with Crippen LogP contribution in [0.4, 0.5) is 4.79 Å². The number of Topliss-reactive ketones (excluding diaryl/α,β-unsaturated/α-hetero) is 1. The van der Waals surface area contributed by atoms with E-state index in [1.165, 1.54) is 6.92 Å². The minimum atomic E-state index is -0.500. The van der Waals surface area contributed by atoms with E-state index in [1.807, 2.05) is 37.5 Å². The topological polar surface area (TPSA) is 77.3 Å². The predicted octanol–water partition coefficient (Wildman–Crippen LogP) is 3.21. The van der Waals surface area contributed by atoms with E-state index in [2.05, 4.69) is 9.97 Å². The molecule has 0 aliphatic carbocycles. The van der Waals surface area contributed by atoms with E-state index in [9.17, 15) is 9.59 Å². The van der Waals surface area contributed by atoms with Crippen LogP contribution in [-0.4, -0.2) is 50.0 Å². The van der Waals surface area contributed by atoms with Crippen LogP contribution in [0.15, 0.2) is 18.3 Å². The Hall–Kier alpha value is -2.44. The van der Waals surface area contributed by atoms with E-state index >= 15 is 0 Å². The fourth-order valence-corrected chi connectivity index (χ4v) is 3.16. The number of likely N-dealkylation sites (tertiary alicyclic amines) is 1. The number of amides is 1. The van der Waals surface area contributed by atoms with E-state index in [1.54, 1.807) is 11.1 Å². The van der Waals surface area contributed by atoms with Gasteiger partial charge in [-0.1, -0.05) is 0 Å². The number of nitrogens with zero attached hydrogens (tertiary/aromatic N) is 4. The van der Waals surface area contributed by atoms with Crippen LogP contribution in [0.3, 0.4) is 0 Å². The summed E-state index contributed by atoms with van der Waals surface area (Å²) in [6.45, 7) is 8.28. The molecule has 0 unspecified atom stereocenters. The third-order valence-electron chi connectivity index (χ3n) is 4.25. The Kier molecular flexibility index (Phi) is 4.49. The maximum Gasteiger partial charge on any atom is 0.410 e. The second kappa shape index (κ2) is 6.46. The van der Waals surface area contributed by atoms with Crippen molar-refractivity contribution in [2.45, 2.75) is 52.2 Å². The smallest absolute Gasteiger partial charge is 0.410 e. The summed E-state index contributed by atoms with van der Waals surface area (Å²) in [5.74, 6) is 0.358. The van der Waals surface area contributed by atoms with Crippen molar-refractivity contribution in [3.05, 3.63) is 24.2 Å². The van der Waals surface area contributed by atoms with Crippen LogP contribution >= 0.6 is 0 Å². The monoisotopic (exact) mass is 344 g/mol. The molecule has 134 valence electrons. The summed E-state index contributed by atoms with van der Waals surface area (Å²) < 4.78 is 7.37. The number of aromatic nitrogens is 3. The highest BCUT2D eigenvalue weighted by Gasteiger charge is 2.30. The zero-order chi connectivity index (χ0) is 18.2. The van der Waals surface area contributed by atoms with Crippen LogP contribution in [-0.2, 0) is 4.74 Å². The summed E-state index contributed by atoms with van der Waals surface area (Å²) in [6, 6.07) is 3.77. The van der Waals surface area contributed by atoms with Crippen molar-refractivity contribution in [1.82, 2.24) is 19.4 Å². The lowest BCUT2D eigenvalue weighted by Crippen LogP contribution is -2.42. The molecule has 0 saturated carbocycles. The molecule has 0 N–H and O–H groups in total. The molecular formula is C18H24N4O3. The first-order valence-electron chi connectivity index (χ1n) is 8.58. The van der Waals surface area contributed by atoms with Crippen molar-refractivity contribution < 1.29 is 14.3 Å². The molecule has 1 aliphatic heterocycles. The number of fused-ring (bicyclic) bond motifs is 1. The van der Waals surface area contributed by atoms with Gasteiger partial charge >= 0.3 is 6.09 Å². The standard InChI is InChI=1S/C18H24N4O3/c1-12(23)15-20-14-6-5-9-19-16(14)22(15)13-7-10-21(11-8-13)17(24)25-18(2,3)4/h5-6,9,13H,7-8,10-11H2,1-4H3. The summed E-state index contributed by atoms with van der Waals surface area (Å²) in [7, 11) is 0. The molecule has 1 fully saturated rings. The summed E-state index contributed by atoms with van der Waals surface area (Å²) in [6.07, 6.45) is 2.90. The van der Waals surface area contributed by atoms with Crippen LogP contribution in [0.25, 0.3) is 11.2 Å². The zero-order valence-corrected chi connectivity index (χ0v) is 15.2. The second-order valence-electron chi connectivity index (χ2n) is 7.41. The molecule has 0 spiro atoms. The quantitative estimate of drug-likeness (QED) is 0.782. The lowest BCUT2D eigenvalue weighted by atomic mass is 10.0. The minimum Gasteiger partial charge on any atom is -0.444 e. The average molecular weight is 344 g/mol. The SMILES string of the molecule is CC(=O)c1nc2cccnc2n1C1CCN(C(=O)OC(C)(C)C)CC1. The zero-order valence-electron chi connectivity index (χ0n) is 15.2. The molecular weight excluding hydrogens is 320 g/mol. The normalized spacial score (nSPS) is 16.2. The number of ether oxygens (including phenoxy) is 1. The first-order chi connectivity index (χ1) is 11.8. The van der Waals surface area contributed by atoms with Gasteiger partial charge in [0.05, 0.1) is 0 Å². The lowest BCUT2D eigenvalue weighted by Gasteiger charge is -2.34. The van der Waals surface area contributed by atoms with Gasteiger partial charge in [0.15, 0.2) is 17.3 Å². The summed E-state index contributed by atoms with van der Waals surface area (Å²) in [5, 5.41) is 0. The molecule has 1 amide bonds. The van der Waals surface area contributed by atoms with Gasteiger partial charge in [-0.3, -0.25) is 4.79 Å². The molecule has 3 heterocycles. The number of hydrogen-bond acceptors (Lipinski definition) is 5. The van der Waals surface area contributed by atoms with Gasteiger partial charge in [0.2, 0.25) is 0 Å². The van der Waals surface area contributed by atoms with Gasteiger partial charge in [-0.25, -0.2) is 14.8 Å². The van der Waals surface area contributed by atoms with Crippen molar-refractivity contribution in [1.29, 1.82) is 0 Å². The van der Waals surface area contributed by atoms with Crippen molar-refractivity contribution >= 4 is 23.0 Å². The van der Waals surface area contributed by atoms with E-state index in [0.717, 1.165) is 24.0 Å². The molecule has 2 aromatic rings. The van der Waals surface area contributed by atoms with Crippen LogP contribution < -0.4 is 0 Å². The highest BCUT2D eigenvalue weighted by molar-refractivity contribution is 5.94. The number of carbonyl (C=O) groups is 2. The molecule has 1 saturated heterocycles. The number of carbonyl (C=O) groups excluding carboxylic acids is 2. The Morgan fingerprint density at radius 2 is 1.92 bits per heavy atom. The summed E-state index contributed by atoms with van der Waals surface area (Å²) in [4.78, 5) is 34.8. The van der Waals surface area contributed by atoms with Gasteiger partial charge in [0.1, 0.15) is 11.1 Å². The summed E-state index contributed by atoms with van der Waals surface area (Å²) in [5.41, 5.74) is 0.950. The van der Waals surface area contributed by atoms with Gasteiger partial charge < -0.3 is 14.2 Å². The first kappa shape index (κ1) is 17.4. The fourth-order valence-electron chi connectivity index (χ4n) is 3.16. The van der Waals surface area contributed by atoms with Crippen LogP contribution in [0.2, 0.25) is 0 Å².